The van der Waals surface area contributed by atoms with Gasteiger partial charge in [-0.3, -0.25) is 9.69 Å². The summed E-state index contributed by atoms with van der Waals surface area (Å²) in [5.41, 5.74) is 1.06. The topological polar surface area (TPSA) is 20.3 Å². The number of nitrogens with zero attached hydrogens (tertiary/aromatic N) is 1. The maximum Gasteiger partial charge on any atom is 0.238 e. The molecule has 108 valence electrons. The van der Waals surface area contributed by atoms with Gasteiger partial charge in [0.25, 0.3) is 0 Å². The van der Waals surface area contributed by atoms with Crippen molar-refractivity contribution in [2.24, 2.45) is 0 Å². The molecule has 0 N–H and O–H groups in total. The standard InChI is InChI=1S/C15H10Cl2FNOS/c16-9-5-10(17)7-11(6-9)19-14(20)8-21-15(19)12-3-1-2-4-13(12)18/h1-7,15H,8H2/t15-/m0/s1. The lowest BCUT2D eigenvalue weighted by Crippen LogP contribution is -2.28. The quantitative estimate of drug-likeness (QED) is 0.773. The molecular weight excluding hydrogens is 332 g/mol. The van der Waals surface area contributed by atoms with Crippen LogP contribution in [0.15, 0.2) is 42.5 Å². The lowest BCUT2D eigenvalue weighted by atomic mass is 10.1. The predicted octanol–water partition coefficient (Wildman–Crippen LogP) is 4.91. The van der Waals surface area contributed by atoms with Crippen LogP contribution >= 0.6 is 35.0 Å². The highest BCUT2D eigenvalue weighted by Gasteiger charge is 2.35. The van der Waals surface area contributed by atoms with Gasteiger partial charge in [0.1, 0.15) is 11.2 Å². The number of carbonyl (C=O) groups is 1. The molecule has 0 aliphatic carbocycles. The Morgan fingerprint density at radius 1 is 1.14 bits per heavy atom. The van der Waals surface area contributed by atoms with E-state index in [0.29, 0.717) is 27.0 Å². The molecule has 1 amide bonds. The van der Waals surface area contributed by atoms with Crippen molar-refractivity contribution in [2.45, 2.75) is 5.37 Å². The third-order valence-corrected chi connectivity index (χ3v) is 4.80. The Hall–Kier alpha value is -1.23. The highest BCUT2D eigenvalue weighted by molar-refractivity contribution is 8.00. The molecule has 1 atom stereocenters. The third-order valence-electron chi connectivity index (χ3n) is 3.16. The highest BCUT2D eigenvalue weighted by Crippen LogP contribution is 2.43. The van der Waals surface area contributed by atoms with Crippen LogP contribution in [-0.2, 0) is 4.79 Å². The van der Waals surface area contributed by atoms with Crippen LogP contribution in [0.5, 0.6) is 0 Å². The molecule has 0 radical (unpaired) electrons. The Labute approximate surface area is 135 Å². The van der Waals surface area contributed by atoms with E-state index in [1.165, 1.54) is 17.8 Å². The molecule has 1 aliphatic rings. The molecule has 0 unspecified atom stereocenters. The van der Waals surface area contributed by atoms with E-state index in [1.807, 2.05) is 0 Å². The minimum atomic E-state index is -0.409. The minimum absolute atomic E-state index is 0.0911. The molecule has 1 fully saturated rings. The Kier molecular flexibility index (Phi) is 4.11. The van der Waals surface area contributed by atoms with E-state index in [1.54, 1.807) is 41.3 Å². The van der Waals surface area contributed by atoms with Crippen molar-refractivity contribution in [1.82, 2.24) is 0 Å². The van der Waals surface area contributed by atoms with Crippen LogP contribution in [0, 0.1) is 5.82 Å². The molecule has 1 aliphatic heterocycles. The number of anilines is 1. The van der Waals surface area contributed by atoms with Gasteiger partial charge in [-0.1, -0.05) is 41.4 Å². The number of amides is 1. The molecule has 2 nitrogen and oxygen atoms in total. The zero-order valence-corrected chi connectivity index (χ0v) is 13.1. The first-order valence-electron chi connectivity index (χ1n) is 6.20. The molecule has 21 heavy (non-hydrogen) atoms. The summed E-state index contributed by atoms with van der Waals surface area (Å²) >= 11 is 13.4. The molecule has 2 aromatic carbocycles. The van der Waals surface area contributed by atoms with Crippen LogP contribution in [0.1, 0.15) is 10.9 Å². The molecule has 1 heterocycles. The fourth-order valence-electron chi connectivity index (χ4n) is 2.29. The van der Waals surface area contributed by atoms with E-state index < -0.39 is 5.37 Å². The van der Waals surface area contributed by atoms with Gasteiger partial charge in [0.2, 0.25) is 5.91 Å². The molecule has 0 bridgehead atoms. The Morgan fingerprint density at radius 2 is 1.81 bits per heavy atom. The molecule has 0 saturated carbocycles. The summed E-state index contributed by atoms with van der Waals surface area (Å²) in [7, 11) is 0. The lowest BCUT2D eigenvalue weighted by molar-refractivity contribution is -0.115. The Morgan fingerprint density at radius 3 is 2.48 bits per heavy atom. The van der Waals surface area contributed by atoms with Gasteiger partial charge >= 0.3 is 0 Å². The average Bonchev–Trinajstić information content (AvgIpc) is 2.80. The van der Waals surface area contributed by atoms with Crippen molar-refractivity contribution >= 4 is 46.6 Å². The molecule has 0 aromatic heterocycles. The van der Waals surface area contributed by atoms with Gasteiger partial charge in [0.15, 0.2) is 0 Å². The van der Waals surface area contributed by atoms with E-state index in [2.05, 4.69) is 0 Å². The minimum Gasteiger partial charge on any atom is -0.295 e. The summed E-state index contributed by atoms with van der Waals surface area (Å²) in [6.07, 6.45) is 0. The monoisotopic (exact) mass is 341 g/mol. The Bertz CT molecular complexity index is 690. The van der Waals surface area contributed by atoms with Gasteiger partial charge in [-0.15, -0.1) is 11.8 Å². The van der Waals surface area contributed by atoms with E-state index >= 15 is 0 Å². The number of carbonyl (C=O) groups excluding carboxylic acids is 1. The molecule has 1 saturated heterocycles. The SMILES string of the molecule is O=C1CS[C@@H](c2ccccc2F)N1c1cc(Cl)cc(Cl)c1. The zero-order chi connectivity index (χ0) is 15.0. The summed E-state index contributed by atoms with van der Waals surface area (Å²) in [5.74, 6) is -0.127. The van der Waals surface area contributed by atoms with Crippen LogP contribution in [-0.4, -0.2) is 11.7 Å². The van der Waals surface area contributed by atoms with Crippen LogP contribution in [0.25, 0.3) is 0 Å². The second-order valence-corrected chi connectivity index (χ2v) is 6.52. The molecule has 6 heteroatoms. The van der Waals surface area contributed by atoms with Crippen LogP contribution in [0.2, 0.25) is 10.0 Å². The van der Waals surface area contributed by atoms with Crippen molar-refractivity contribution in [3.63, 3.8) is 0 Å². The van der Waals surface area contributed by atoms with Gasteiger partial charge in [0, 0.05) is 21.3 Å². The lowest BCUT2D eigenvalue weighted by Gasteiger charge is -2.25. The van der Waals surface area contributed by atoms with Crippen molar-refractivity contribution in [3.05, 3.63) is 63.9 Å². The van der Waals surface area contributed by atoms with Crippen LogP contribution in [0.4, 0.5) is 10.1 Å². The van der Waals surface area contributed by atoms with Gasteiger partial charge in [-0.05, 0) is 24.3 Å². The number of halogens is 3. The third kappa shape index (κ3) is 2.89. The maximum atomic E-state index is 14.0. The van der Waals surface area contributed by atoms with Crippen LogP contribution < -0.4 is 4.90 Å². The second-order valence-electron chi connectivity index (χ2n) is 4.58. The first-order chi connectivity index (χ1) is 10.1. The zero-order valence-electron chi connectivity index (χ0n) is 10.7. The molecular formula is C15H10Cl2FNOS. The highest BCUT2D eigenvalue weighted by atomic mass is 35.5. The average molecular weight is 342 g/mol. The summed E-state index contributed by atoms with van der Waals surface area (Å²) in [6, 6.07) is 11.4. The number of rotatable bonds is 2. The number of hydrogen-bond acceptors (Lipinski definition) is 2. The van der Waals surface area contributed by atoms with Crippen LogP contribution in [0.3, 0.4) is 0 Å². The normalized spacial score (nSPS) is 18.3. The summed E-state index contributed by atoms with van der Waals surface area (Å²) in [5, 5.41) is 0.470. The van der Waals surface area contributed by atoms with Crippen molar-refractivity contribution in [2.75, 3.05) is 10.7 Å². The largest absolute Gasteiger partial charge is 0.295 e. The van der Waals surface area contributed by atoms with Gasteiger partial charge < -0.3 is 0 Å². The van der Waals surface area contributed by atoms with E-state index in [-0.39, 0.29) is 11.7 Å². The van der Waals surface area contributed by atoms with Crippen molar-refractivity contribution in [1.29, 1.82) is 0 Å². The smallest absolute Gasteiger partial charge is 0.238 e. The van der Waals surface area contributed by atoms with E-state index in [0.717, 1.165) is 0 Å². The Balaban J connectivity index is 2.06. The fraction of sp³-hybridized carbons (Fsp3) is 0.133. The van der Waals surface area contributed by atoms with Crippen molar-refractivity contribution < 1.29 is 9.18 Å². The molecule has 3 rings (SSSR count). The maximum absolute atomic E-state index is 14.0. The van der Waals surface area contributed by atoms with E-state index in [4.69, 9.17) is 23.2 Å². The summed E-state index contributed by atoms with van der Waals surface area (Å²) < 4.78 is 14.0. The number of hydrogen-bond donors (Lipinski definition) is 0. The van der Waals surface area contributed by atoms with Gasteiger partial charge in [-0.25, -0.2) is 4.39 Å². The van der Waals surface area contributed by atoms with E-state index in [9.17, 15) is 9.18 Å². The number of benzene rings is 2. The summed E-state index contributed by atoms with van der Waals surface area (Å²) in [6.45, 7) is 0. The predicted molar refractivity (Wildman–Crippen MR) is 85.5 cm³/mol. The first kappa shape index (κ1) is 14.7. The molecule has 2 aromatic rings. The summed E-state index contributed by atoms with van der Waals surface area (Å²) in [4.78, 5) is 13.7. The fourth-order valence-corrected chi connectivity index (χ4v) is 4.00. The van der Waals surface area contributed by atoms with Gasteiger partial charge in [-0.2, -0.15) is 0 Å². The first-order valence-corrected chi connectivity index (χ1v) is 8.01. The van der Waals surface area contributed by atoms with Gasteiger partial charge in [0.05, 0.1) is 5.75 Å². The number of thioether (sulfide) groups is 1. The second kappa shape index (κ2) is 5.87. The molecule has 0 spiro atoms. The van der Waals surface area contributed by atoms with Crippen molar-refractivity contribution in [3.8, 4) is 0 Å².